The van der Waals surface area contributed by atoms with E-state index in [0.29, 0.717) is 12.1 Å². The van der Waals surface area contributed by atoms with Crippen LogP contribution in [-0.2, 0) is 6.54 Å². The lowest BCUT2D eigenvalue weighted by molar-refractivity contribution is 0.303. The van der Waals surface area contributed by atoms with E-state index in [-0.39, 0.29) is 12.4 Å². The number of benzene rings is 2. The van der Waals surface area contributed by atoms with Crippen molar-refractivity contribution < 1.29 is 4.74 Å². The van der Waals surface area contributed by atoms with Gasteiger partial charge < -0.3 is 15.4 Å². The molecule has 0 bridgehead atoms. The van der Waals surface area contributed by atoms with Crippen LogP contribution in [0.5, 0.6) is 5.75 Å². The highest BCUT2D eigenvalue weighted by molar-refractivity contribution is 5.85. The van der Waals surface area contributed by atoms with Gasteiger partial charge in [0.2, 0.25) is 0 Å². The van der Waals surface area contributed by atoms with Crippen LogP contribution in [0, 0.1) is 0 Å². The Hall–Kier alpha value is -1.55. The Bertz CT molecular complexity index is 591. The molecule has 1 heterocycles. The maximum atomic E-state index is 5.44. The molecule has 0 radical (unpaired) electrons. The van der Waals surface area contributed by atoms with Gasteiger partial charge in [0.25, 0.3) is 0 Å². The van der Waals surface area contributed by atoms with Crippen LogP contribution in [0.4, 0.5) is 0 Å². The molecule has 0 spiro atoms. The molecular weight excluding hydrogens is 308 g/mol. The van der Waals surface area contributed by atoms with Crippen molar-refractivity contribution in [3.63, 3.8) is 0 Å². The van der Waals surface area contributed by atoms with Gasteiger partial charge in [-0.25, -0.2) is 0 Å². The summed E-state index contributed by atoms with van der Waals surface area (Å²) in [6, 6.07) is 19.8. The van der Waals surface area contributed by atoms with Crippen LogP contribution in [0.1, 0.15) is 30.0 Å². The van der Waals surface area contributed by atoms with Gasteiger partial charge in [-0.3, -0.25) is 0 Å². The molecule has 1 aliphatic rings. The molecule has 1 fully saturated rings. The largest absolute Gasteiger partial charge is 0.496 e. The van der Waals surface area contributed by atoms with Crippen LogP contribution in [0.25, 0.3) is 0 Å². The highest BCUT2D eigenvalue weighted by Crippen LogP contribution is 2.25. The SMILES string of the molecule is COc1ccccc1CN[C@@H]1CCCN[C@@H]1c1ccccc1.Cl. The predicted octanol–water partition coefficient (Wildman–Crippen LogP) is 3.70. The number of ether oxygens (including phenoxy) is 1. The zero-order chi connectivity index (χ0) is 15.2. The van der Waals surface area contributed by atoms with Crippen molar-refractivity contribution in [1.82, 2.24) is 10.6 Å². The van der Waals surface area contributed by atoms with Gasteiger partial charge in [0.05, 0.1) is 7.11 Å². The Morgan fingerprint density at radius 2 is 1.83 bits per heavy atom. The molecule has 2 aromatic rings. The Morgan fingerprint density at radius 1 is 1.09 bits per heavy atom. The summed E-state index contributed by atoms with van der Waals surface area (Å²) in [7, 11) is 1.73. The Balaban J connectivity index is 0.00000192. The zero-order valence-corrected chi connectivity index (χ0v) is 14.3. The van der Waals surface area contributed by atoms with Gasteiger partial charge in [0.15, 0.2) is 0 Å². The molecule has 0 saturated carbocycles. The van der Waals surface area contributed by atoms with E-state index in [0.717, 1.165) is 18.8 Å². The van der Waals surface area contributed by atoms with Crippen molar-refractivity contribution in [1.29, 1.82) is 0 Å². The molecule has 2 atom stereocenters. The second kappa shape index (κ2) is 8.92. The van der Waals surface area contributed by atoms with Crippen molar-refractivity contribution in [2.75, 3.05) is 13.7 Å². The van der Waals surface area contributed by atoms with Crippen LogP contribution >= 0.6 is 12.4 Å². The zero-order valence-electron chi connectivity index (χ0n) is 13.5. The van der Waals surface area contributed by atoms with Crippen LogP contribution in [0.2, 0.25) is 0 Å². The maximum absolute atomic E-state index is 5.44. The van der Waals surface area contributed by atoms with Gasteiger partial charge in [-0.2, -0.15) is 0 Å². The fourth-order valence-electron chi connectivity index (χ4n) is 3.21. The van der Waals surface area contributed by atoms with E-state index in [1.807, 2.05) is 12.1 Å². The van der Waals surface area contributed by atoms with Crippen molar-refractivity contribution in [3.8, 4) is 5.75 Å². The van der Waals surface area contributed by atoms with Crippen molar-refractivity contribution in [2.24, 2.45) is 0 Å². The van der Waals surface area contributed by atoms with Crippen LogP contribution in [0.15, 0.2) is 54.6 Å². The molecule has 3 rings (SSSR count). The summed E-state index contributed by atoms with van der Waals surface area (Å²) in [6.45, 7) is 1.92. The van der Waals surface area contributed by atoms with E-state index in [1.165, 1.54) is 24.0 Å². The summed E-state index contributed by atoms with van der Waals surface area (Å²) >= 11 is 0. The third-order valence-electron chi connectivity index (χ3n) is 4.36. The molecule has 23 heavy (non-hydrogen) atoms. The summed E-state index contributed by atoms with van der Waals surface area (Å²) in [4.78, 5) is 0. The lowest BCUT2D eigenvalue weighted by Crippen LogP contribution is -2.45. The summed E-state index contributed by atoms with van der Waals surface area (Å²) in [6.07, 6.45) is 2.41. The standard InChI is InChI=1S/C19H24N2O.ClH/c1-22-18-12-6-5-10-16(18)14-21-17-11-7-13-20-19(17)15-8-3-2-4-9-15;/h2-6,8-10,12,17,19-21H,7,11,13-14H2,1H3;1H/t17-,19-;/m1./s1. The van der Waals surface area contributed by atoms with E-state index in [1.54, 1.807) is 7.11 Å². The molecule has 0 unspecified atom stereocenters. The molecule has 1 aliphatic heterocycles. The molecule has 0 aromatic heterocycles. The normalized spacial score (nSPS) is 20.6. The second-order valence-electron chi connectivity index (χ2n) is 5.78. The number of methoxy groups -OCH3 is 1. The molecule has 4 heteroatoms. The van der Waals surface area contributed by atoms with Gasteiger partial charge in [-0.05, 0) is 31.0 Å². The molecule has 3 nitrogen and oxygen atoms in total. The number of hydrogen-bond acceptors (Lipinski definition) is 3. The van der Waals surface area contributed by atoms with E-state index in [4.69, 9.17) is 4.74 Å². The number of nitrogens with one attached hydrogen (secondary N) is 2. The number of halogens is 1. The molecule has 124 valence electrons. The van der Waals surface area contributed by atoms with Gasteiger partial charge in [0, 0.05) is 24.2 Å². The fraction of sp³-hybridized carbons (Fsp3) is 0.368. The molecular formula is C19H25ClN2O. The summed E-state index contributed by atoms with van der Waals surface area (Å²) in [5.41, 5.74) is 2.57. The predicted molar refractivity (Wildman–Crippen MR) is 97.3 cm³/mol. The first kappa shape index (κ1) is 17.8. The topological polar surface area (TPSA) is 33.3 Å². The maximum Gasteiger partial charge on any atom is 0.123 e. The number of rotatable bonds is 5. The lowest BCUT2D eigenvalue weighted by Gasteiger charge is -2.34. The smallest absolute Gasteiger partial charge is 0.123 e. The van der Waals surface area contributed by atoms with Gasteiger partial charge in [-0.1, -0.05) is 48.5 Å². The van der Waals surface area contributed by atoms with Crippen molar-refractivity contribution in [3.05, 3.63) is 65.7 Å². The van der Waals surface area contributed by atoms with E-state index < -0.39 is 0 Å². The molecule has 2 aromatic carbocycles. The fourth-order valence-corrected chi connectivity index (χ4v) is 3.21. The van der Waals surface area contributed by atoms with Gasteiger partial charge >= 0.3 is 0 Å². The Labute approximate surface area is 144 Å². The summed E-state index contributed by atoms with van der Waals surface area (Å²) in [5.74, 6) is 0.954. The van der Waals surface area contributed by atoms with E-state index in [2.05, 4.69) is 53.1 Å². The number of piperidine rings is 1. The highest BCUT2D eigenvalue weighted by atomic mass is 35.5. The van der Waals surface area contributed by atoms with Crippen LogP contribution < -0.4 is 15.4 Å². The minimum absolute atomic E-state index is 0. The molecule has 1 saturated heterocycles. The monoisotopic (exact) mass is 332 g/mol. The van der Waals surface area contributed by atoms with E-state index in [9.17, 15) is 0 Å². The van der Waals surface area contributed by atoms with Crippen molar-refractivity contribution >= 4 is 12.4 Å². The van der Waals surface area contributed by atoms with Crippen molar-refractivity contribution in [2.45, 2.75) is 31.5 Å². The molecule has 0 amide bonds. The first-order valence-corrected chi connectivity index (χ1v) is 8.02. The van der Waals surface area contributed by atoms with Gasteiger partial charge in [0.1, 0.15) is 5.75 Å². The first-order valence-electron chi connectivity index (χ1n) is 8.02. The van der Waals surface area contributed by atoms with E-state index >= 15 is 0 Å². The highest BCUT2D eigenvalue weighted by Gasteiger charge is 2.25. The first-order chi connectivity index (χ1) is 10.9. The minimum atomic E-state index is 0. The summed E-state index contributed by atoms with van der Waals surface area (Å²) in [5, 5.41) is 7.38. The molecule has 2 N–H and O–H groups in total. The molecule has 0 aliphatic carbocycles. The number of hydrogen-bond donors (Lipinski definition) is 2. The third-order valence-corrected chi connectivity index (χ3v) is 4.36. The third kappa shape index (κ3) is 4.47. The average molecular weight is 333 g/mol. The van der Waals surface area contributed by atoms with Crippen LogP contribution in [-0.4, -0.2) is 19.7 Å². The Morgan fingerprint density at radius 3 is 2.61 bits per heavy atom. The average Bonchev–Trinajstić information content (AvgIpc) is 2.61. The number of para-hydroxylation sites is 1. The Kier molecular flexibility index (Phi) is 6.90. The quantitative estimate of drug-likeness (QED) is 0.876. The lowest BCUT2D eigenvalue weighted by atomic mass is 9.92. The second-order valence-corrected chi connectivity index (χ2v) is 5.78. The summed E-state index contributed by atoms with van der Waals surface area (Å²) < 4.78 is 5.44. The minimum Gasteiger partial charge on any atom is -0.496 e. The van der Waals surface area contributed by atoms with Crippen LogP contribution in [0.3, 0.4) is 0 Å². The van der Waals surface area contributed by atoms with Gasteiger partial charge in [-0.15, -0.1) is 12.4 Å².